The van der Waals surface area contributed by atoms with Gasteiger partial charge in [0.25, 0.3) is 0 Å². The van der Waals surface area contributed by atoms with E-state index in [1.165, 1.54) is 6.07 Å². The fraction of sp³-hybridized carbons (Fsp3) is 0.0667. The Morgan fingerprint density at radius 2 is 1.80 bits per heavy atom. The van der Waals surface area contributed by atoms with E-state index in [1.807, 2.05) is 0 Å². The largest absolute Gasteiger partial charge is 0.452 e. The van der Waals surface area contributed by atoms with E-state index in [1.54, 1.807) is 24.3 Å². The van der Waals surface area contributed by atoms with Gasteiger partial charge >= 0.3 is 5.97 Å². The molecule has 0 aliphatic carbocycles. The molecule has 0 aliphatic rings. The number of carbonyl (C=O) groups is 1. The zero-order chi connectivity index (χ0) is 18.0. The molecule has 0 saturated carbocycles. The third-order valence-electron chi connectivity index (χ3n) is 3.05. The van der Waals surface area contributed by atoms with E-state index >= 15 is 0 Å². The molecule has 3 aromatic rings. The first-order valence-corrected chi connectivity index (χ1v) is 7.66. The van der Waals surface area contributed by atoms with E-state index in [0.717, 1.165) is 0 Å². The van der Waals surface area contributed by atoms with Gasteiger partial charge in [-0.1, -0.05) is 23.2 Å². The molecule has 2 heterocycles. The fourth-order valence-corrected chi connectivity index (χ4v) is 2.38. The highest BCUT2D eigenvalue weighted by molar-refractivity contribution is 6.35. The monoisotopic (exact) mass is 379 g/mol. The molecule has 3 rings (SSSR count). The van der Waals surface area contributed by atoms with Crippen LogP contribution in [0, 0.1) is 0 Å². The van der Waals surface area contributed by atoms with Crippen molar-refractivity contribution in [1.29, 1.82) is 0 Å². The van der Waals surface area contributed by atoms with Crippen LogP contribution in [0.25, 0.3) is 11.3 Å². The molecule has 0 radical (unpaired) electrons. The van der Waals surface area contributed by atoms with Gasteiger partial charge in [-0.15, -0.1) is 0 Å². The summed E-state index contributed by atoms with van der Waals surface area (Å²) < 4.78 is 10.6. The number of nitrogen functional groups attached to an aromatic ring is 2. The Balaban J connectivity index is 1.73. The Bertz CT molecular complexity index is 924. The van der Waals surface area contributed by atoms with Crippen molar-refractivity contribution in [3.63, 3.8) is 0 Å². The summed E-state index contributed by atoms with van der Waals surface area (Å²) in [5, 5.41) is 0.930. The normalized spacial score (nSPS) is 10.6. The molecule has 0 saturated heterocycles. The minimum absolute atomic E-state index is 0.0129. The molecule has 0 atom stereocenters. The minimum Gasteiger partial charge on any atom is -0.452 e. The lowest BCUT2D eigenvalue weighted by Crippen LogP contribution is -2.10. The van der Waals surface area contributed by atoms with Crippen molar-refractivity contribution in [2.24, 2.45) is 0 Å². The van der Waals surface area contributed by atoms with Crippen molar-refractivity contribution in [1.82, 2.24) is 15.0 Å². The molecule has 25 heavy (non-hydrogen) atoms. The van der Waals surface area contributed by atoms with Crippen molar-refractivity contribution < 1.29 is 13.9 Å². The standard InChI is InChI=1S/C15H11Cl2N5O3/c16-7-1-2-9(17)8(5-7)10-3-4-11(25-10)13(23)24-6-12-20-14(18)22-15(19)21-12/h1-5H,6H2,(H4,18,19,20,21,22). The first-order chi connectivity index (χ1) is 11.9. The average Bonchev–Trinajstić information content (AvgIpc) is 3.04. The van der Waals surface area contributed by atoms with Crippen molar-refractivity contribution in [2.45, 2.75) is 6.61 Å². The first-order valence-electron chi connectivity index (χ1n) is 6.90. The number of furan rings is 1. The Kier molecular flexibility index (Phi) is 4.73. The number of rotatable bonds is 4. The van der Waals surface area contributed by atoms with Crippen LogP contribution in [0.2, 0.25) is 10.0 Å². The van der Waals surface area contributed by atoms with Crippen LogP contribution in [0.3, 0.4) is 0 Å². The van der Waals surface area contributed by atoms with Crippen LogP contribution in [0.5, 0.6) is 0 Å². The minimum atomic E-state index is -0.707. The van der Waals surface area contributed by atoms with Gasteiger partial charge in [0.15, 0.2) is 12.4 Å². The number of aromatic nitrogens is 3. The number of hydrogen-bond acceptors (Lipinski definition) is 8. The van der Waals surface area contributed by atoms with Gasteiger partial charge in [0.2, 0.25) is 17.7 Å². The number of hydrogen-bond donors (Lipinski definition) is 2. The highest BCUT2D eigenvalue weighted by Crippen LogP contribution is 2.31. The zero-order valence-electron chi connectivity index (χ0n) is 12.6. The highest BCUT2D eigenvalue weighted by Gasteiger charge is 2.16. The summed E-state index contributed by atoms with van der Waals surface area (Å²) in [4.78, 5) is 23.3. The second-order valence-electron chi connectivity index (χ2n) is 4.83. The molecule has 0 spiro atoms. The smallest absolute Gasteiger partial charge is 0.374 e. The fourth-order valence-electron chi connectivity index (χ4n) is 2.00. The molecular weight excluding hydrogens is 369 g/mol. The number of anilines is 2. The lowest BCUT2D eigenvalue weighted by Gasteiger charge is -2.04. The Hall–Kier alpha value is -2.84. The third kappa shape index (κ3) is 3.98. The van der Waals surface area contributed by atoms with Gasteiger partial charge in [0.05, 0.1) is 5.02 Å². The predicted molar refractivity (Wildman–Crippen MR) is 91.9 cm³/mol. The lowest BCUT2D eigenvalue weighted by atomic mass is 10.2. The van der Waals surface area contributed by atoms with Crippen molar-refractivity contribution in [3.8, 4) is 11.3 Å². The molecule has 0 aliphatic heterocycles. The van der Waals surface area contributed by atoms with Crippen LogP contribution in [0.4, 0.5) is 11.9 Å². The summed E-state index contributed by atoms with van der Waals surface area (Å²) in [5.74, 6) is -0.331. The number of carbonyl (C=O) groups excluding carboxylic acids is 1. The molecule has 10 heteroatoms. The van der Waals surface area contributed by atoms with Crippen LogP contribution in [-0.4, -0.2) is 20.9 Å². The molecule has 0 unspecified atom stereocenters. The lowest BCUT2D eigenvalue weighted by molar-refractivity contribution is 0.0426. The van der Waals surface area contributed by atoms with Crippen LogP contribution in [0.1, 0.15) is 16.4 Å². The van der Waals surface area contributed by atoms with Crippen LogP contribution in [0.15, 0.2) is 34.7 Å². The maximum Gasteiger partial charge on any atom is 0.374 e. The summed E-state index contributed by atoms with van der Waals surface area (Å²) >= 11 is 12.1. The van der Waals surface area contributed by atoms with Crippen LogP contribution >= 0.6 is 23.2 Å². The quantitative estimate of drug-likeness (QED) is 0.661. The number of nitrogens with zero attached hydrogens (tertiary/aromatic N) is 3. The van der Waals surface area contributed by atoms with Crippen molar-refractivity contribution in [3.05, 3.63) is 52.0 Å². The van der Waals surface area contributed by atoms with E-state index in [-0.39, 0.29) is 30.1 Å². The van der Waals surface area contributed by atoms with Gasteiger partial charge in [-0.2, -0.15) is 15.0 Å². The van der Waals surface area contributed by atoms with E-state index in [2.05, 4.69) is 15.0 Å². The van der Waals surface area contributed by atoms with Gasteiger partial charge in [-0.25, -0.2) is 4.79 Å². The van der Waals surface area contributed by atoms with Crippen LogP contribution in [-0.2, 0) is 11.3 Å². The maximum atomic E-state index is 12.1. The number of nitrogens with two attached hydrogens (primary N) is 2. The predicted octanol–water partition coefficient (Wildman–Crippen LogP) is 2.96. The molecule has 8 nitrogen and oxygen atoms in total. The molecular formula is C15H11Cl2N5O3. The Labute approximate surface area is 151 Å². The SMILES string of the molecule is Nc1nc(N)nc(COC(=O)c2ccc(-c3cc(Cl)ccc3Cl)o2)n1. The highest BCUT2D eigenvalue weighted by atomic mass is 35.5. The molecule has 0 amide bonds. The van der Waals surface area contributed by atoms with E-state index in [9.17, 15) is 4.79 Å². The number of esters is 1. The second-order valence-corrected chi connectivity index (χ2v) is 5.68. The number of benzene rings is 1. The molecule has 0 bridgehead atoms. The summed E-state index contributed by atoms with van der Waals surface area (Å²) in [5.41, 5.74) is 11.5. The third-order valence-corrected chi connectivity index (χ3v) is 3.61. The molecule has 0 fully saturated rings. The van der Waals surface area contributed by atoms with Gasteiger partial charge in [0.1, 0.15) is 5.76 Å². The molecule has 1 aromatic carbocycles. The van der Waals surface area contributed by atoms with Gasteiger partial charge in [-0.05, 0) is 30.3 Å². The van der Waals surface area contributed by atoms with Gasteiger partial charge < -0.3 is 20.6 Å². The summed E-state index contributed by atoms with van der Waals surface area (Å²) in [6.07, 6.45) is 0. The Morgan fingerprint density at radius 3 is 2.52 bits per heavy atom. The van der Waals surface area contributed by atoms with Gasteiger partial charge in [-0.3, -0.25) is 0 Å². The summed E-state index contributed by atoms with van der Waals surface area (Å²) in [7, 11) is 0. The summed E-state index contributed by atoms with van der Waals surface area (Å²) in [6, 6.07) is 7.97. The maximum absolute atomic E-state index is 12.1. The van der Waals surface area contributed by atoms with E-state index < -0.39 is 5.97 Å². The van der Waals surface area contributed by atoms with Crippen molar-refractivity contribution in [2.75, 3.05) is 11.5 Å². The van der Waals surface area contributed by atoms with Gasteiger partial charge in [0, 0.05) is 10.6 Å². The van der Waals surface area contributed by atoms with E-state index in [4.69, 9.17) is 43.8 Å². The first kappa shape index (κ1) is 17.0. The van der Waals surface area contributed by atoms with Crippen LogP contribution < -0.4 is 11.5 Å². The molecule has 128 valence electrons. The summed E-state index contributed by atoms with van der Waals surface area (Å²) in [6.45, 7) is -0.232. The number of halogens is 2. The average molecular weight is 380 g/mol. The Morgan fingerprint density at radius 1 is 1.08 bits per heavy atom. The van der Waals surface area contributed by atoms with Crippen molar-refractivity contribution >= 4 is 41.1 Å². The second kappa shape index (κ2) is 6.96. The molecule has 4 N–H and O–H groups in total. The zero-order valence-corrected chi connectivity index (χ0v) is 14.1. The van der Waals surface area contributed by atoms with E-state index in [0.29, 0.717) is 21.4 Å². The molecule has 2 aromatic heterocycles. The number of ether oxygens (including phenoxy) is 1. The topological polar surface area (TPSA) is 130 Å².